The zero-order valence-electron chi connectivity index (χ0n) is 10.7. The Morgan fingerprint density at radius 1 is 1.24 bits per heavy atom. The molecule has 6 heteroatoms. The smallest absolute Gasteiger partial charge is 0.258 e. The Labute approximate surface area is 133 Å². The Hall–Kier alpha value is -2.05. The third-order valence-corrected chi connectivity index (χ3v) is 4.58. The molecule has 0 fully saturated rings. The number of hydrogen-bond donors (Lipinski definition) is 0. The molecule has 104 valence electrons. The minimum Gasteiger partial charge on any atom is -0.258 e. The normalized spacial score (nSPS) is 11.3. The summed E-state index contributed by atoms with van der Waals surface area (Å²) < 4.78 is 1.04. The van der Waals surface area contributed by atoms with Crippen LogP contribution in [0.25, 0.3) is 23.1 Å². The van der Waals surface area contributed by atoms with Crippen LogP contribution in [0.2, 0.25) is 0 Å². The Kier molecular flexibility index (Phi) is 3.81. The minimum absolute atomic E-state index is 0.0293. The summed E-state index contributed by atoms with van der Waals surface area (Å²) in [5.74, 6) is 0. The van der Waals surface area contributed by atoms with Gasteiger partial charge in [-0.25, -0.2) is 4.98 Å². The van der Waals surface area contributed by atoms with Crippen LogP contribution in [-0.2, 0) is 0 Å². The molecular weight excluding hydrogens is 352 g/mol. The quantitative estimate of drug-likeness (QED) is 0.480. The van der Waals surface area contributed by atoms with Gasteiger partial charge < -0.3 is 0 Å². The molecule has 0 amide bonds. The molecule has 0 N–H and O–H groups in total. The molecular formula is C15H9BrN2O2S. The number of pyridine rings is 1. The fourth-order valence-electron chi connectivity index (χ4n) is 1.97. The lowest BCUT2D eigenvalue weighted by Gasteiger charge is -2.00. The van der Waals surface area contributed by atoms with Crippen molar-refractivity contribution in [2.24, 2.45) is 0 Å². The molecule has 3 aromatic rings. The van der Waals surface area contributed by atoms with Crippen molar-refractivity contribution in [2.45, 2.75) is 0 Å². The summed E-state index contributed by atoms with van der Waals surface area (Å²) in [6.45, 7) is 0. The van der Waals surface area contributed by atoms with Crippen molar-refractivity contribution in [3.63, 3.8) is 0 Å². The zero-order chi connectivity index (χ0) is 14.8. The van der Waals surface area contributed by atoms with E-state index in [0.717, 1.165) is 14.7 Å². The Balaban J connectivity index is 2.02. The van der Waals surface area contributed by atoms with Gasteiger partial charge >= 0.3 is 0 Å². The first-order chi connectivity index (χ1) is 10.1. The number of nitro benzene ring substituents is 1. The maximum absolute atomic E-state index is 11.1. The number of aromatic nitrogens is 1. The molecule has 4 nitrogen and oxygen atoms in total. The summed E-state index contributed by atoms with van der Waals surface area (Å²) in [6, 6.07) is 10.7. The van der Waals surface area contributed by atoms with E-state index in [1.165, 1.54) is 6.07 Å². The molecule has 3 rings (SSSR count). The van der Waals surface area contributed by atoms with Gasteiger partial charge in [-0.05, 0) is 40.2 Å². The molecule has 0 aliphatic heterocycles. The molecule has 0 unspecified atom stereocenters. The van der Waals surface area contributed by atoms with E-state index in [2.05, 4.69) is 20.9 Å². The van der Waals surface area contributed by atoms with Crippen molar-refractivity contribution in [1.82, 2.24) is 4.98 Å². The monoisotopic (exact) mass is 360 g/mol. The lowest BCUT2D eigenvalue weighted by molar-refractivity contribution is -0.383. The van der Waals surface area contributed by atoms with Gasteiger partial charge in [0.1, 0.15) is 5.52 Å². The molecule has 21 heavy (non-hydrogen) atoms. The summed E-state index contributed by atoms with van der Waals surface area (Å²) in [6.07, 6.45) is 3.80. The predicted molar refractivity (Wildman–Crippen MR) is 89.3 cm³/mol. The van der Waals surface area contributed by atoms with E-state index in [0.29, 0.717) is 11.2 Å². The number of para-hydroxylation sites is 1. The maximum Gasteiger partial charge on any atom is 0.295 e. The van der Waals surface area contributed by atoms with Gasteiger partial charge in [-0.3, -0.25) is 10.1 Å². The second-order valence-electron chi connectivity index (χ2n) is 4.34. The van der Waals surface area contributed by atoms with Crippen LogP contribution >= 0.6 is 27.3 Å². The number of thiophene rings is 1. The van der Waals surface area contributed by atoms with Crippen LogP contribution in [0.4, 0.5) is 5.69 Å². The number of rotatable bonds is 3. The van der Waals surface area contributed by atoms with Gasteiger partial charge in [0.05, 0.1) is 10.6 Å². The van der Waals surface area contributed by atoms with Crippen molar-refractivity contribution in [3.05, 3.63) is 66.9 Å². The van der Waals surface area contributed by atoms with Gasteiger partial charge in [-0.1, -0.05) is 18.2 Å². The molecule has 0 atom stereocenters. The first-order valence-corrected chi connectivity index (χ1v) is 7.77. The molecule has 0 saturated heterocycles. The second kappa shape index (κ2) is 5.75. The first kappa shape index (κ1) is 13.9. The van der Waals surface area contributed by atoms with Crippen molar-refractivity contribution in [3.8, 4) is 0 Å². The molecule has 0 spiro atoms. The molecule has 2 aromatic heterocycles. The van der Waals surface area contributed by atoms with E-state index in [9.17, 15) is 10.1 Å². The van der Waals surface area contributed by atoms with Gasteiger partial charge in [0.15, 0.2) is 0 Å². The summed E-state index contributed by atoms with van der Waals surface area (Å²) >= 11 is 5.01. The largest absolute Gasteiger partial charge is 0.295 e. The molecule has 0 aliphatic rings. The van der Waals surface area contributed by atoms with Gasteiger partial charge in [-0.15, -0.1) is 11.3 Å². The maximum atomic E-state index is 11.1. The highest BCUT2D eigenvalue weighted by molar-refractivity contribution is 9.10. The van der Waals surface area contributed by atoms with Crippen molar-refractivity contribution in [2.75, 3.05) is 0 Å². The number of nitrogens with zero attached hydrogens (tertiary/aromatic N) is 2. The molecule has 0 saturated carbocycles. The topological polar surface area (TPSA) is 56.0 Å². The molecule has 0 bridgehead atoms. The zero-order valence-corrected chi connectivity index (χ0v) is 13.1. The average molecular weight is 361 g/mol. The Morgan fingerprint density at radius 3 is 2.81 bits per heavy atom. The van der Waals surface area contributed by atoms with Crippen LogP contribution in [0, 0.1) is 10.1 Å². The van der Waals surface area contributed by atoms with E-state index < -0.39 is 4.92 Å². The van der Waals surface area contributed by atoms with E-state index in [1.807, 2.05) is 41.8 Å². The minimum atomic E-state index is -0.404. The highest BCUT2D eigenvalue weighted by atomic mass is 79.9. The van der Waals surface area contributed by atoms with Gasteiger partial charge in [0.25, 0.3) is 5.69 Å². The SMILES string of the molecule is O=[N+]([O-])c1cccc2ccc(C=Cc3cc(Br)cs3)nc12. The summed E-state index contributed by atoms with van der Waals surface area (Å²) in [4.78, 5) is 16.1. The van der Waals surface area contributed by atoms with Gasteiger partial charge in [0.2, 0.25) is 0 Å². The Bertz CT molecular complexity index is 858. The van der Waals surface area contributed by atoms with Crippen LogP contribution in [0.5, 0.6) is 0 Å². The fraction of sp³-hybridized carbons (Fsp3) is 0. The third kappa shape index (κ3) is 3.01. The van der Waals surface area contributed by atoms with E-state index in [1.54, 1.807) is 17.4 Å². The predicted octanol–water partition coefficient (Wildman–Crippen LogP) is 5.14. The number of nitro groups is 1. The van der Waals surface area contributed by atoms with Crippen LogP contribution in [0.3, 0.4) is 0 Å². The van der Waals surface area contributed by atoms with Crippen molar-refractivity contribution < 1.29 is 4.92 Å². The summed E-state index contributed by atoms with van der Waals surface area (Å²) in [7, 11) is 0. The highest BCUT2D eigenvalue weighted by Gasteiger charge is 2.12. The number of halogens is 1. The lowest BCUT2D eigenvalue weighted by atomic mass is 10.1. The third-order valence-electron chi connectivity index (χ3n) is 2.92. The van der Waals surface area contributed by atoms with Crippen LogP contribution in [-0.4, -0.2) is 9.91 Å². The van der Waals surface area contributed by atoms with Gasteiger partial charge in [-0.2, -0.15) is 0 Å². The number of non-ortho nitro benzene ring substituents is 1. The average Bonchev–Trinajstić information content (AvgIpc) is 2.89. The summed E-state index contributed by atoms with van der Waals surface area (Å²) in [5.41, 5.74) is 1.14. The first-order valence-electron chi connectivity index (χ1n) is 6.10. The lowest BCUT2D eigenvalue weighted by Crippen LogP contribution is -1.92. The van der Waals surface area contributed by atoms with Crippen molar-refractivity contribution in [1.29, 1.82) is 0 Å². The fourth-order valence-corrected chi connectivity index (χ4v) is 3.31. The molecule has 0 radical (unpaired) electrons. The number of benzene rings is 1. The molecule has 2 heterocycles. The van der Waals surface area contributed by atoms with E-state index >= 15 is 0 Å². The highest BCUT2D eigenvalue weighted by Crippen LogP contribution is 2.25. The Morgan fingerprint density at radius 2 is 2.10 bits per heavy atom. The summed E-state index contributed by atoms with van der Waals surface area (Å²) in [5, 5.41) is 13.8. The number of fused-ring (bicyclic) bond motifs is 1. The van der Waals surface area contributed by atoms with Gasteiger partial charge in [0, 0.05) is 26.2 Å². The molecule has 1 aromatic carbocycles. The second-order valence-corrected chi connectivity index (χ2v) is 6.20. The van der Waals surface area contributed by atoms with E-state index in [-0.39, 0.29) is 5.69 Å². The van der Waals surface area contributed by atoms with Crippen LogP contribution in [0.1, 0.15) is 10.6 Å². The standard InChI is InChI=1S/C15H9BrN2O2S/c16-11-8-13(21-9-11)7-6-12-5-4-10-2-1-3-14(18(19)20)15(10)17-12/h1-9H. The number of hydrogen-bond acceptors (Lipinski definition) is 4. The van der Waals surface area contributed by atoms with Crippen LogP contribution in [0.15, 0.2) is 46.3 Å². The van der Waals surface area contributed by atoms with E-state index in [4.69, 9.17) is 0 Å². The molecule has 0 aliphatic carbocycles. The van der Waals surface area contributed by atoms with Crippen molar-refractivity contribution >= 4 is 56.0 Å². The van der Waals surface area contributed by atoms with Crippen LogP contribution < -0.4 is 0 Å².